The average molecular weight is 319 g/mol. The van der Waals surface area contributed by atoms with Gasteiger partial charge in [-0.25, -0.2) is 0 Å². The number of benzene rings is 1. The molecule has 126 valence electrons. The van der Waals surface area contributed by atoms with E-state index in [2.05, 4.69) is 4.90 Å². The third-order valence-corrected chi connectivity index (χ3v) is 5.61. The molecule has 1 unspecified atom stereocenters. The molecule has 1 aromatic rings. The van der Waals surface area contributed by atoms with Gasteiger partial charge in [0.25, 0.3) is 0 Å². The lowest BCUT2D eigenvalue weighted by molar-refractivity contribution is -0.184. The molecule has 2 fully saturated rings. The van der Waals surface area contributed by atoms with Crippen LogP contribution in [0.25, 0.3) is 0 Å². The van der Waals surface area contributed by atoms with E-state index in [0.717, 1.165) is 49.8 Å². The first-order valence-electron chi connectivity index (χ1n) is 8.67. The summed E-state index contributed by atoms with van der Waals surface area (Å²) in [4.78, 5) is 2.41. The van der Waals surface area contributed by atoms with Gasteiger partial charge in [0.05, 0.1) is 19.3 Å². The van der Waals surface area contributed by atoms with E-state index < -0.39 is 6.10 Å². The van der Waals surface area contributed by atoms with Crippen LogP contribution in [-0.2, 0) is 15.9 Å². The normalized spacial score (nSPS) is 28.7. The van der Waals surface area contributed by atoms with Crippen molar-refractivity contribution in [2.24, 2.45) is 0 Å². The maximum absolute atomic E-state index is 10.6. The fraction of sp³-hybridized carbons (Fsp3) is 0.667. The van der Waals surface area contributed by atoms with E-state index in [1.165, 1.54) is 0 Å². The number of hydrogen-bond acceptors (Lipinski definition) is 5. The van der Waals surface area contributed by atoms with Gasteiger partial charge in [-0.3, -0.25) is 4.90 Å². The summed E-state index contributed by atoms with van der Waals surface area (Å²) in [5.74, 6) is -0.0463. The summed E-state index contributed by atoms with van der Waals surface area (Å²) in [7, 11) is 0. The molecule has 1 spiro atoms. The van der Waals surface area contributed by atoms with Gasteiger partial charge in [0.15, 0.2) is 5.79 Å². The molecule has 1 saturated heterocycles. The Balaban J connectivity index is 1.43. The molecule has 0 radical (unpaired) electrons. The van der Waals surface area contributed by atoms with Crippen molar-refractivity contribution in [3.63, 3.8) is 0 Å². The second kappa shape index (κ2) is 6.06. The maximum atomic E-state index is 10.6. The number of rotatable bonds is 1. The highest BCUT2D eigenvalue weighted by molar-refractivity contribution is 5.37. The molecule has 23 heavy (non-hydrogen) atoms. The Morgan fingerprint density at radius 3 is 2.61 bits per heavy atom. The van der Waals surface area contributed by atoms with Crippen LogP contribution < -0.4 is 0 Å². The minimum absolute atomic E-state index is 0.277. The number of hydrogen-bond donors (Lipinski definition) is 2. The molecule has 2 N–H and O–H groups in total. The largest absolute Gasteiger partial charge is 0.508 e. The van der Waals surface area contributed by atoms with Gasteiger partial charge in [0.1, 0.15) is 5.75 Å². The third-order valence-electron chi connectivity index (χ3n) is 5.61. The zero-order valence-corrected chi connectivity index (χ0v) is 13.4. The van der Waals surface area contributed by atoms with Crippen LogP contribution in [0.4, 0.5) is 0 Å². The van der Waals surface area contributed by atoms with Crippen LogP contribution in [0.5, 0.6) is 5.75 Å². The van der Waals surface area contributed by atoms with Crippen LogP contribution in [0, 0.1) is 0 Å². The number of fused-ring (bicyclic) bond motifs is 1. The Labute approximate surface area is 136 Å². The highest BCUT2D eigenvalue weighted by Gasteiger charge is 2.42. The van der Waals surface area contributed by atoms with Gasteiger partial charge >= 0.3 is 0 Å². The SMILES string of the molecule is Oc1ccc2c(c1)CCN(C1CCC3(CC1)OCCO3)CC2O. The fourth-order valence-corrected chi connectivity index (χ4v) is 4.33. The lowest BCUT2D eigenvalue weighted by Crippen LogP contribution is -2.45. The lowest BCUT2D eigenvalue weighted by Gasteiger charge is -2.40. The molecule has 0 aromatic heterocycles. The first-order chi connectivity index (χ1) is 11.2. The van der Waals surface area contributed by atoms with Gasteiger partial charge < -0.3 is 19.7 Å². The third kappa shape index (κ3) is 2.98. The van der Waals surface area contributed by atoms with E-state index in [4.69, 9.17) is 9.47 Å². The summed E-state index contributed by atoms with van der Waals surface area (Å²) < 4.78 is 11.6. The predicted molar refractivity (Wildman–Crippen MR) is 85.2 cm³/mol. The van der Waals surface area contributed by atoms with Gasteiger partial charge in [0.2, 0.25) is 0 Å². The van der Waals surface area contributed by atoms with Crippen LogP contribution in [0.3, 0.4) is 0 Å². The molecule has 2 heterocycles. The van der Waals surface area contributed by atoms with Crippen molar-refractivity contribution in [1.82, 2.24) is 4.90 Å². The molecule has 4 rings (SSSR count). The molecule has 0 amide bonds. The topological polar surface area (TPSA) is 62.2 Å². The number of phenols is 1. The van der Waals surface area contributed by atoms with Crippen molar-refractivity contribution in [1.29, 1.82) is 0 Å². The Morgan fingerprint density at radius 1 is 1.13 bits per heavy atom. The highest BCUT2D eigenvalue weighted by atomic mass is 16.7. The number of aliphatic hydroxyl groups excluding tert-OH is 1. The van der Waals surface area contributed by atoms with E-state index in [0.29, 0.717) is 25.8 Å². The maximum Gasteiger partial charge on any atom is 0.168 e. The van der Waals surface area contributed by atoms with E-state index >= 15 is 0 Å². The molecule has 0 bridgehead atoms. The minimum Gasteiger partial charge on any atom is -0.508 e. The van der Waals surface area contributed by atoms with Gasteiger partial charge in [-0.1, -0.05) is 6.07 Å². The predicted octanol–water partition coefficient (Wildman–Crippen LogP) is 1.97. The number of ether oxygens (including phenoxy) is 2. The Morgan fingerprint density at radius 2 is 1.87 bits per heavy atom. The average Bonchev–Trinajstić information content (AvgIpc) is 2.93. The molecule has 1 aliphatic carbocycles. The number of β-amino-alcohol motifs (C(OH)–C–C–N with tert-alkyl or cyclic N) is 1. The molecular weight excluding hydrogens is 294 g/mol. The lowest BCUT2D eigenvalue weighted by atomic mass is 9.89. The summed E-state index contributed by atoms with van der Waals surface area (Å²) >= 11 is 0. The van der Waals surface area contributed by atoms with Crippen LogP contribution in [0.2, 0.25) is 0 Å². The number of nitrogens with zero attached hydrogens (tertiary/aromatic N) is 1. The van der Waals surface area contributed by atoms with E-state index in [9.17, 15) is 10.2 Å². The summed E-state index contributed by atoms with van der Waals surface area (Å²) in [6.45, 7) is 3.02. The van der Waals surface area contributed by atoms with Crippen molar-refractivity contribution in [3.05, 3.63) is 29.3 Å². The van der Waals surface area contributed by atoms with Gasteiger partial charge in [-0.15, -0.1) is 0 Å². The number of aliphatic hydroxyl groups is 1. The molecule has 5 heteroatoms. The van der Waals surface area contributed by atoms with Crippen molar-refractivity contribution < 1.29 is 19.7 Å². The van der Waals surface area contributed by atoms with Gasteiger partial charge in [-0.2, -0.15) is 0 Å². The summed E-state index contributed by atoms with van der Waals surface area (Å²) in [6.07, 6.45) is 4.37. The second-order valence-corrected chi connectivity index (χ2v) is 6.98. The quantitative estimate of drug-likeness (QED) is 0.829. The van der Waals surface area contributed by atoms with Gasteiger partial charge in [-0.05, 0) is 42.5 Å². The number of phenolic OH excluding ortho intramolecular Hbond substituents is 1. The van der Waals surface area contributed by atoms with E-state index in [-0.39, 0.29) is 11.5 Å². The Kier molecular flexibility index (Phi) is 4.05. The Hall–Kier alpha value is -1.14. The van der Waals surface area contributed by atoms with Crippen LogP contribution in [-0.4, -0.2) is 53.2 Å². The highest BCUT2D eigenvalue weighted by Crippen LogP contribution is 2.38. The smallest absolute Gasteiger partial charge is 0.168 e. The molecule has 1 saturated carbocycles. The Bertz CT molecular complexity index is 560. The molecule has 1 aromatic carbocycles. The summed E-state index contributed by atoms with van der Waals surface area (Å²) in [5.41, 5.74) is 2.02. The minimum atomic E-state index is -0.483. The first-order valence-corrected chi connectivity index (χ1v) is 8.67. The molecular formula is C18H25NO4. The fourth-order valence-electron chi connectivity index (χ4n) is 4.33. The summed E-state index contributed by atoms with van der Waals surface area (Å²) in [6, 6.07) is 5.79. The molecule has 3 aliphatic rings. The molecule has 2 aliphatic heterocycles. The van der Waals surface area contributed by atoms with E-state index in [1.54, 1.807) is 12.1 Å². The molecule has 5 nitrogen and oxygen atoms in total. The zero-order valence-electron chi connectivity index (χ0n) is 13.4. The second-order valence-electron chi connectivity index (χ2n) is 6.98. The van der Waals surface area contributed by atoms with Crippen molar-refractivity contribution >= 4 is 0 Å². The summed E-state index contributed by atoms with van der Waals surface area (Å²) in [5, 5.41) is 20.2. The van der Waals surface area contributed by atoms with Crippen LogP contribution in [0.15, 0.2) is 18.2 Å². The van der Waals surface area contributed by atoms with E-state index in [1.807, 2.05) is 6.07 Å². The standard InChI is InChI=1S/C18H25NO4/c20-15-1-2-16-13(11-15)5-8-19(12-17(16)21)14-3-6-18(7-4-14)22-9-10-23-18/h1-2,11,14,17,20-21H,3-10,12H2. The van der Waals surface area contributed by atoms with Crippen molar-refractivity contribution in [3.8, 4) is 5.75 Å². The van der Waals surface area contributed by atoms with Gasteiger partial charge in [0, 0.05) is 32.0 Å². The van der Waals surface area contributed by atoms with Crippen molar-refractivity contribution in [2.75, 3.05) is 26.3 Å². The van der Waals surface area contributed by atoms with Crippen LogP contribution in [0.1, 0.15) is 42.9 Å². The zero-order chi connectivity index (χ0) is 15.9. The van der Waals surface area contributed by atoms with Crippen molar-refractivity contribution in [2.45, 2.75) is 50.0 Å². The first kappa shape index (κ1) is 15.4. The molecule has 1 atom stereocenters. The monoisotopic (exact) mass is 319 g/mol. The van der Waals surface area contributed by atoms with Crippen LogP contribution >= 0.6 is 0 Å². The number of aromatic hydroxyl groups is 1.